The van der Waals surface area contributed by atoms with Crippen molar-refractivity contribution in [1.29, 1.82) is 0 Å². The Balaban J connectivity index is 1.69. The zero-order valence-corrected chi connectivity index (χ0v) is 17.6. The molecule has 0 amide bonds. The third kappa shape index (κ3) is 4.47. The zero-order chi connectivity index (χ0) is 21.0. The van der Waals surface area contributed by atoms with Gasteiger partial charge in [0.05, 0.1) is 58.0 Å². The Kier molecular flexibility index (Phi) is 6.61. The highest BCUT2D eigenvalue weighted by Gasteiger charge is 2.31. The summed E-state index contributed by atoms with van der Waals surface area (Å²) in [5.74, 6) is 1.31. The number of piperazine rings is 1. The summed E-state index contributed by atoms with van der Waals surface area (Å²) in [5.41, 5.74) is 0.968. The Morgan fingerprint density at radius 1 is 0.931 bits per heavy atom. The van der Waals surface area contributed by atoms with Crippen LogP contribution in [0.15, 0.2) is 41.3 Å². The molecule has 3 rings (SSSR count). The van der Waals surface area contributed by atoms with Gasteiger partial charge in [0.2, 0.25) is 15.8 Å². The first kappa shape index (κ1) is 21.4. The fourth-order valence-corrected chi connectivity index (χ4v) is 4.99. The van der Waals surface area contributed by atoms with Gasteiger partial charge >= 0.3 is 0 Å². The van der Waals surface area contributed by atoms with E-state index in [0.717, 1.165) is 17.7 Å². The summed E-state index contributed by atoms with van der Waals surface area (Å²) in [5, 5.41) is 0. The van der Waals surface area contributed by atoms with Gasteiger partial charge < -0.3 is 19.1 Å². The normalized spacial score (nSPS) is 15.9. The van der Waals surface area contributed by atoms with Gasteiger partial charge in [0.25, 0.3) is 0 Å². The van der Waals surface area contributed by atoms with Crippen molar-refractivity contribution in [3.63, 3.8) is 0 Å². The molecule has 1 saturated heterocycles. The minimum atomic E-state index is -3.62. The highest BCUT2D eigenvalue weighted by atomic mass is 32.2. The zero-order valence-electron chi connectivity index (χ0n) is 16.8. The molecule has 2 aromatic rings. The van der Waals surface area contributed by atoms with Crippen LogP contribution in [-0.4, -0.2) is 60.2 Å². The standard InChI is InChI=1S/C20H25FN2O5S/c1-26-18-9-4-15(19(27-2)20(18)28-3)14-22-10-12-23(13-11-22)29(24,25)17-7-5-16(21)6-8-17/h4-9H,10-14H2,1-3H3/p+1. The number of quaternary nitrogens is 1. The van der Waals surface area contributed by atoms with Gasteiger partial charge in [-0.15, -0.1) is 0 Å². The number of hydrogen-bond donors (Lipinski definition) is 1. The Hall–Kier alpha value is -2.36. The van der Waals surface area contributed by atoms with Crippen LogP contribution in [0.2, 0.25) is 0 Å². The molecule has 0 saturated carbocycles. The Morgan fingerprint density at radius 3 is 2.10 bits per heavy atom. The second kappa shape index (κ2) is 8.98. The number of nitrogens with zero attached hydrogens (tertiary/aromatic N) is 1. The molecular formula is C20H26FN2O5S+. The van der Waals surface area contributed by atoms with Crippen LogP contribution in [-0.2, 0) is 16.6 Å². The summed E-state index contributed by atoms with van der Waals surface area (Å²) in [4.78, 5) is 1.35. The van der Waals surface area contributed by atoms with Crippen LogP contribution >= 0.6 is 0 Å². The van der Waals surface area contributed by atoms with E-state index < -0.39 is 15.8 Å². The molecular weight excluding hydrogens is 399 g/mol. The van der Waals surface area contributed by atoms with Gasteiger partial charge in [-0.05, 0) is 36.4 Å². The van der Waals surface area contributed by atoms with E-state index in [2.05, 4.69) is 0 Å². The van der Waals surface area contributed by atoms with Crippen molar-refractivity contribution in [2.45, 2.75) is 11.4 Å². The fourth-order valence-electron chi connectivity index (χ4n) is 3.55. The first-order valence-electron chi connectivity index (χ1n) is 9.27. The van der Waals surface area contributed by atoms with Crippen molar-refractivity contribution in [3.8, 4) is 17.2 Å². The number of nitrogens with one attached hydrogen (secondary N) is 1. The van der Waals surface area contributed by atoms with E-state index in [9.17, 15) is 12.8 Å². The average molecular weight is 426 g/mol. The molecule has 7 nitrogen and oxygen atoms in total. The monoisotopic (exact) mass is 425 g/mol. The van der Waals surface area contributed by atoms with Gasteiger partial charge in [0.15, 0.2) is 11.5 Å². The third-order valence-electron chi connectivity index (χ3n) is 5.11. The smallest absolute Gasteiger partial charge is 0.243 e. The van der Waals surface area contributed by atoms with E-state index in [1.807, 2.05) is 12.1 Å². The molecule has 0 aliphatic carbocycles. The van der Waals surface area contributed by atoms with E-state index >= 15 is 0 Å². The summed E-state index contributed by atoms with van der Waals surface area (Å²) in [6.45, 7) is 2.76. The summed E-state index contributed by atoms with van der Waals surface area (Å²) in [6.07, 6.45) is 0. The predicted octanol–water partition coefficient (Wildman–Crippen LogP) is 0.941. The van der Waals surface area contributed by atoms with E-state index in [1.54, 1.807) is 21.3 Å². The van der Waals surface area contributed by atoms with Crippen LogP contribution in [0.4, 0.5) is 4.39 Å². The van der Waals surface area contributed by atoms with Crippen molar-refractivity contribution in [3.05, 3.63) is 47.8 Å². The molecule has 29 heavy (non-hydrogen) atoms. The van der Waals surface area contributed by atoms with Crippen molar-refractivity contribution >= 4 is 10.0 Å². The molecule has 0 atom stereocenters. The second-order valence-electron chi connectivity index (χ2n) is 6.78. The van der Waals surface area contributed by atoms with Crippen molar-refractivity contribution in [2.75, 3.05) is 47.5 Å². The van der Waals surface area contributed by atoms with Crippen LogP contribution in [0.3, 0.4) is 0 Å². The highest BCUT2D eigenvalue weighted by Crippen LogP contribution is 2.39. The predicted molar refractivity (Wildman–Crippen MR) is 106 cm³/mol. The van der Waals surface area contributed by atoms with Crippen LogP contribution in [0.25, 0.3) is 0 Å². The van der Waals surface area contributed by atoms with Crippen LogP contribution in [0.1, 0.15) is 5.56 Å². The first-order valence-corrected chi connectivity index (χ1v) is 10.7. The number of rotatable bonds is 7. The highest BCUT2D eigenvalue weighted by molar-refractivity contribution is 7.89. The number of hydrogen-bond acceptors (Lipinski definition) is 5. The molecule has 2 aromatic carbocycles. The molecule has 0 spiro atoms. The van der Waals surface area contributed by atoms with E-state index in [0.29, 0.717) is 50.0 Å². The summed E-state index contributed by atoms with van der Waals surface area (Å²) < 4.78 is 56.4. The lowest BCUT2D eigenvalue weighted by atomic mass is 10.1. The Labute approximate surface area is 170 Å². The minimum Gasteiger partial charge on any atom is -0.493 e. The molecule has 0 aromatic heterocycles. The van der Waals surface area contributed by atoms with E-state index in [4.69, 9.17) is 14.2 Å². The van der Waals surface area contributed by atoms with Crippen LogP contribution < -0.4 is 19.1 Å². The quantitative estimate of drug-likeness (QED) is 0.715. The van der Waals surface area contributed by atoms with Crippen molar-refractivity contribution < 1.29 is 31.9 Å². The van der Waals surface area contributed by atoms with Gasteiger partial charge in [0, 0.05) is 0 Å². The molecule has 1 aliphatic heterocycles. The molecule has 0 radical (unpaired) electrons. The molecule has 0 unspecified atom stereocenters. The Morgan fingerprint density at radius 2 is 1.55 bits per heavy atom. The molecule has 9 heteroatoms. The maximum absolute atomic E-state index is 13.1. The largest absolute Gasteiger partial charge is 0.493 e. The van der Waals surface area contributed by atoms with Crippen LogP contribution in [0.5, 0.6) is 17.2 Å². The number of benzene rings is 2. The van der Waals surface area contributed by atoms with Gasteiger partial charge in [-0.2, -0.15) is 4.31 Å². The van der Waals surface area contributed by atoms with Gasteiger partial charge in [-0.25, -0.2) is 12.8 Å². The lowest BCUT2D eigenvalue weighted by Crippen LogP contribution is -3.13. The lowest BCUT2D eigenvalue weighted by Gasteiger charge is -2.32. The lowest BCUT2D eigenvalue weighted by molar-refractivity contribution is -0.917. The number of halogens is 1. The molecule has 1 aliphatic rings. The van der Waals surface area contributed by atoms with E-state index in [-0.39, 0.29) is 4.90 Å². The number of ether oxygens (including phenoxy) is 3. The molecule has 158 valence electrons. The summed E-state index contributed by atoms with van der Waals surface area (Å²) in [6, 6.07) is 8.71. The van der Waals surface area contributed by atoms with Gasteiger partial charge in [-0.1, -0.05) is 0 Å². The van der Waals surface area contributed by atoms with Gasteiger partial charge in [0.1, 0.15) is 12.4 Å². The maximum atomic E-state index is 13.1. The second-order valence-corrected chi connectivity index (χ2v) is 8.72. The third-order valence-corrected chi connectivity index (χ3v) is 7.02. The number of methoxy groups -OCH3 is 3. The topological polar surface area (TPSA) is 69.5 Å². The molecule has 0 bridgehead atoms. The molecule has 1 heterocycles. The SMILES string of the molecule is COc1ccc(C[NH+]2CCN(S(=O)(=O)c3ccc(F)cc3)CC2)c(OC)c1OC. The van der Waals surface area contributed by atoms with E-state index in [1.165, 1.54) is 21.3 Å². The molecule has 1 N–H and O–H groups in total. The maximum Gasteiger partial charge on any atom is 0.243 e. The molecule has 1 fully saturated rings. The van der Waals surface area contributed by atoms with Crippen molar-refractivity contribution in [2.24, 2.45) is 0 Å². The fraction of sp³-hybridized carbons (Fsp3) is 0.400. The average Bonchev–Trinajstić information content (AvgIpc) is 2.74. The summed E-state index contributed by atoms with van der Waals surface area (Å²) in [7, 11) is 1.11. The first-order chi connectivity index (χ1) is 13.9. The van der Waals surface area contributed by atoms with Gasteiger partial charge in [-0.3, -0.25) is 0 Å². The van der Waals surface area contributed by atoms with Crippen molar-refractivity contribution in [1.82, 2.24) is 4.31 Å². The Bertz CT molecular complexity index is 942. The minimum absolute atomic E-state index is 0.115. The van der Waals surface area contributed by atoms with Crippen LogP contribution in [0, 0.1) is 5.82 Å². The summed E-state index contributed by atoms with van der Waals surface area (Å²) >= 11 is 0. The number of sulfonamides is 1.